The van der Waals surface area contributed by atoms with Crippen LogP contribution in [-0.4, -0.2) is 37.1 Å². The molecule has 0 aliphatic carbocycles. The van der Waals surface area contributed by atoms with E-state index in [-0.39, 0.29) is 18.8 Å². The van der Waals surface area contributed by atoms with Gasteiger partial charge in [-0.15, -0.1) is 0 Å². The normalized spacial score (nSPS) is 12.6. The van der Waals surface area contributed by atoms with Gasteiger partial charge in [0.15, 0.2) is 11.7 Å². The van der Waals surface area contributed by atoms with Gasteiger partial charge in [-0.05, 0) is 26.0 Å². The number of alkyl halides is 3. The number of ketones is 1. The van der Waals surface area contributed by atoms with E-state index in [9.17, 15) is 27.6 Å². The molecule has 0 saturated heterocycles. The Hall–Kier alpha value is -1.90. The van der Waals surface area contributed by atoms with Gasteiger partial charge in [0.1, 0.15) is 0 Å². The average Bonchev–Trinajstić information content (AvgIpc) is 2.54. The van der Waals surface area contributed by atoms with Crippen molar-refractivity contribution in [3.05, 3.63) is 34.3 Å². The Labute approximate surface area is 157 Å². The molecule has 0 aliphatic heterocycles. The molecular weight excluding hydrogens is 421 g/mol. The summed E-state index contributed by atoms with van der Waals surface area (Å²) in [7, 11) is 0. The first kappa shape index (κ1) is 22.1. The summed E-state index contributed by atoms with van der Waals surface area (Å²) in [5.74, 6) is -8.38. The lowest BCUT2D eigenvalue weighted by Gasteiger charge is -2.25. The van der Waals surface area contributed by atoms with Gasteiger partial charge >= 0.3 is 18.1 Å². The molecule has 0 bridgehead atoms. The van der Waals surface area contributed by atoms with Crippen LogP contribution in [0.15, 0.2) is 28.7 Å². The van der Waals surface area contributed by atoms with E-state index in [2.05, 4.69) is 25.4 Å². The minimum Gasteiger partial charge on any atom is -0.465 e. The van der Waals surface area contributed by atoms with Gasteiger partial charge in [-0.25, -0.2) is 0 Å². The zero-order valence-corrected chi connectivity index (χ0v) is 15.7. The molecule has 1 atom stereocenters. The first-order valence-electron chi connectivity index (χ1n) is 7.80. The van der Waals surface area contributed by atoms with Crippen LogP contribution in [0.3, 0.4) is 0 Å². The maximum Gasteiger partial charge on any atom is 0.393 e. The lowest BCUT2D eigenvalue weighted by molar-refractivity contribution is -0.205. The van der Waals surface area contributed by atoms with Gasteiger partial charge in [-0.3, -0.25) is 14.4 Å². The Morgan fingerprint density at radius 3 is 1.85 bits per heavy atom. The van der Waals surface area contributed by atoms with E-state index >= 15 is 0 Å². The number of Topliss-reactive ketones (excluding diaryl/α,β-unsaturated/α-hetero) is 1. The molecular formula is C17H18BrF3O5. The smallest absolute Gasteiger partial charge is 0.393 e. The second-order valence-electron chi connectivity index (χ2n) is 5.26. The summed E-state index contributed by atoms with van der Waals surface area (Å²) >= 11 is 3.16. The van der Waals surface area contributed by atoms with Crippen LogP contribution in [0.25, 0.3) is 0 Å². The van der Waals surface area contributed by atoms with Gasteiger partial charge in [0, 0.05) is 16.5 Å². The molecule has 0 saturated carbocycles. The number of hydrogen-bond acceptors (Lipinski definition) is 5. The van der Waals surface area contributed by atoms with Gasteiger partial charge in [-0.1, -0.05) is 28.1 Å². The molecule has 0 fully saturated rings. The molecule has 9 heteroatoms. The van der Waals surface area contributed by atoms with Gasteiger partial charge in [0.05, 0.1) is 19.1 Å². The average molecular weight is 439 g/mol. The third kappa shape index (κ3) is 6.12. The number of esters is 2. The van der Waals surface area contributed by atoms with E-state index in [0.29, 0.717) is 4.47 Å². The highest BCUT2D eigenvalue weighted by molar-refractivity contribution is 9.10. The first-order valence-corrected chi connectivity index (χ1v) is 8.59. The van der Waals surface area contributed by atoms with Crippen LogP contribution < -0.4 is 0 Å². The first-order chi connectivity index (χ1) is 12.1. The van der Waals surface area contributed by atoms with E-state index in [1.807, 2.05) is 0 Å². The third-order valence-electron chi connectivity index (χ3n) is 3.48. The molecule has 0 spiro atoms. The Kier molecular flexibility index (Phi) is 8.26. The number of benzene rings is 1. The van der Waals surface area contributed by atoms with Crippen molar-refractivity contribution in [2.75, 3.05) is 13.2 Å². The molecule has 0 radical (unpaired) electrons. The Bertz CT molecular complexity index is 625. The van der Waals surface area contributed by atoms with Crippen LogP contribution in [-0.2, 0) is 19.1 Å². The van der Waals surface area contributed by atoms with Crippen molar-refractivity contribution in [2.45, 2.75) is 26.4 Å². The van der Waals surface area contributed by atoms with E-state index in [1.54, 1.807) is 0 Å². The van der Waals surface area contributed by atoms with E-state index in [4.69, 9.17) is 0 Å². The molecule has 1 aromatic rings. The van der Waals surface area contributed by atoms with Crippen molar-refractivity contribution >= 4 is 33.7 Å². The van der Waals surface area contributed by atoms with Crippen LogP contribution in [0.5, 0.6) is 0 Å². The monoisotopic (exact) mass is 438 g/mol. The molecule has 0 N–H and O–H groups in total. The van der Waals surface area contributed by atoms with E-state index < -0.39 is 42.2 Å². The standard InChI is InChI=1S/C17H18BrF3O5/c1-3-25-15(23)14(16(24)26-4-2)12(17(19,20)21)9-13(22)10-5-7-11(18)8-6-10/h5-8,12,14H,3-4,9H2,1-2H3/t12-/m0/s1. The summed E-state index contributed by atoms with van der Waals surface area (Å²) in [6, 6.07) is 5.71. The molecule has 5 nitrogen and oxygen atoms in total. The Morgan fingerprint density at radius 2 is 1.46 bits per heavy atom. The summed E-state index contributed by atoms with van der Waals surface area (Å²) in [6.07, 6.45) is -6.05. The Morgan fingerprint density at radius 1 is 1.00 bits per heavy atom. The molecule has 0 heterocycles. The Balaban J connectivity index is 3.18. The summed E-state index contributed by atoms with van der Waals surface area (Å²) < 4.78 is 50.4. The maximum absolute atomic E-state index is 13.5. The number of rotatable bonds is 8. The van der Waals surface area contributed by atoms with Crippen LogP contribution in [0.4, 0.5) is 13.2 Å². The van der Waals surface area contributed by atoms with Crippen molar-refractivity contribution in [1.82, 2.24) is 0 Å². The van der Waals surface area contributed by atoms with Crippen molar-refractivity contribution in [1.29, 1.82) is 0 Å². The number of ether oxygens (including phenoxy) is 2. The largest absolute Gasteiger partial charge is 0.465 e. The van der Waals surface area contributed by atoms with Crippen LogP contribution >= 0.6 is 15.9 Å². The fourth-order valence-corrected chi connectivity index (χ4v) is 2.53. The topological polar surface area (TPSA) is 69.7 Å². The highest BCUT2D eigenvalue weighted by Gasteiger charge is 2.52. The third-order valence-corrected chi connectivity index (χ3v) is 4.00. The second kappa shape index (κ2) is 9.70. The lowest BCUT2D eigenvalue weighted by atomic mass is 9.85. The fourth-order valence-electron chi connectivity index (χ4n) is 2.26. The summed E-state index contributed by atoms with van der Waals surface area (Å²) in [5, 5.41) is 0. The molecule has 0 aromatic heterocycles. The quantitative estimate of drug-likeness (QED) is 0.349. The molecule has 0 aliphatic rings. The van der Waals surface area contributed by atoms with Gasteiger partial charge in [-0.2, -0.15) is 13.2 Å². The minimum absolute atomic E-state index is 0.0360. The number of halogens is 4. The van der Waals surface area contributed by atoms with Crippen LogP contribution in [0.1, 0.15) is 30.6 Å². The van der Waals surface area contributed by atoms with Gasteiger partial charge < -0.3 is 9.47 Å². The molecule has 1 rings (SSSR count). The highest BCUT2D eigenvalue weighted by atomic mass is 79.9. The number of carbonyl (C=O) groups is 3. The van der Waals surface area contributed by atoms with Gasteiger partial charge in [0.25, 0.3) is 0 Å². The van der Waals surface area contributed by atoms with Crippen molar-refractivity contribution in [3.8, 4) is 0 Å². The maximum atomic E-state index is 13.5. The van der Waals surface area contributed by atoms with Crippen LogP contribution in [0, 0.1) is 11.8 Å². The molecule has 1 aromatic carbocycles. The predicted octanol–water partition coefficient (Wildman–Crippen LogP) is 3.94. The SMILES string of the molecule is CCOC(=O)C(C(=O)OCC)[C@H](CC(=O)c1ccc(Br)cc1)C(F)(F)F. The number of hydrogen-bond donors (Lipinski definition) is 0. The zero-order chi connectivity index (χ0) is 19.9. The van der Waals surface area contributed by atoms with Crippen molar-refractivity contribution in [2.24, 2.45) is 11.8 Å². The van der Waals surface area contributed by atoms with Crippen molar-refractivity contribution in [3.63, 3.8) is 0 Å². The summed E-state index contributed by atoms with van der Waals surface area (Å²) in [5.41, 5.74) is 0.0360. The summed E-state index contributed by atoms with van der Waals surface area (Å²) in [6.45, 7) is 2.38. The van der Waals surface area contributed by atoms with Crippen molar-refractivity contribution < 1.29 is 37.0 Å². The number of carbonyl (C=O) groups excluding carboxylic acids is 3. The summed E-state index contributed by atoms with van der Waals surface area (Å²) in [4.78, 5) is 36.2. The zero-order valence-electron chi connectivity index (χ0n) is 14.1. The van der Waals surface area contributed by atoms with E-state index in [1.165, 1.54) is 38.1 Å². The van der Waals surface area contributed by atoms with E-state index in [0.717, 1.165) is 0 Å². The minimum atomic E-state index is -4.98. The molecule has 144 valence electrons. The predicted molar refractivity (Wildman–Crippen MR) is 89.4 cm³/mol. The van der Waals surface area contributed by atoms with Crippen LogP contribution in [0.2, 0.25) is 0 Å². The highest BCUT2D eigenvalue weighted by Crippen LogP contribution is 2.37. The molecule has 26 heavy (non-hydrogen) atoms. The fraction of sp³-hybridized carbons (Fsp3) is 0.471. The second-order valence-corrected chi connectivity index (χ2v) is 6.18. The molecule has 0 amide bonds. The lowest BCUT2D eigenvalue weighted by Crippen LogP contribution is -2.42. The van der Waals surface area contributed by atoms with Gasteiger partial charge in [0.2, 0.25) is 0 Å². The molecule has 0 unspecified atom stereocenters.